The predicted octanol–water partition coefficient (Wildman–Crippen LogP) is 5.19. The monoisotopic (exact) mass is 387 g/mol. The number of aromatic nitrogens is 2. The van der Waals surface area contributed by atoms with Crippen molar-refractivity contribution in [1.82, 2.24) is 9.97 Å². The molecule has 2 heterocycles. The minimum absolute atomic E-state index is 0.636. The summed E-state index contributed by atoms with van der Waals surface area (Å²) in [6.45, 7) is 4.41. The Kier molecular flexibility index (Phi) is 5.65. The smallest absolute Gasteiger partial charge is 0.229 e. The van der Waals surface area contributed by atoms with Gasteiger partial charge in [0, 0.05) is 50.2 Å². The topological polar surface area (TPSA) is 44.3 Å². The third-order valence-electron chi connectivity index (χ3n) is 5.40. The molecule has 0 spiro atoms. The lowest BCUT2D eigenvalue weighted by atomic mass is 10.0. The van der Waals surface area contributed by atoms with Crippen molar-refractivity contribution in [1.29, 1.82) is 0 Å². The molecular weight excluding hydrogens is 358 g/mol. The van der Waals surface area contributed by atoms with Crippen LogP contribution in [0.5, 0.6) is 0 Å². The summed E-state index contributed by atoms with van der Waals surface area (Å²) in [7, 11) is 4.08. The number of anilines is 4. The fraction of sp³-hybridized carbons (Fsp3) is 0.333. The van der Waals surface area contributed by atoms with Crippen LogP contribution in [-0.2, 0) is 0 Å². The fourth-order valence-corrected chi connectivity index (χ4v) is 3.78. The van der Waals surface area contributed by atoms with Crippen LogP contribution in [0.3, 0.4) is 0 Å². The van der Waals surface area contributed by atoms with Crippen molar-refractivity contribution in [2.75, 3.05) is 42.3 Å². The van der Waals surface area contributed by atoms with Gasteiger partial charge in [-0.3, -0.25) is 0 Å². The maximum Gasteiger partial charge on any atom is 0.229 e. The first kappa shape index (κ1) is 19.2. The van der Waals surface area contributed by atoms with E-state index in [0.717, 1.165) is 41.5 Å². The number of hydrogen-bond acceptors (Lipinski definition) is 5. The minimum Gasteiger partial charge on any atom is -0.378 e. The van der Waals surface area contributed by atoms with E-state index in [4.69, 9.17) is 9.97 Å². The van der Waals surface area contributed by atoms with Crippen LogP contribution in [0.25, 0.3) is 11.3 Å². The quantitative estimate of drug-likeness (QED) is 0.653. The van der Waals surface area contributed by atoms with Gasteiger partial charge in [0.2, 0.25) is 5.95 Å². The second kappa shape index (κ2) is 8.52. The van der Waals surface area contributed by atoms with Gasteiger partial charge in [0.15, 0.2) is 0 Å². The Morgan fingerprint density at radius 1 is 1.00 bits per heavy atom. The highest BCUT2D eigenvalue weighted by Gasteiger charge is 2.19. The first-order valence-electron chi connectivity index (χ1n) is 10.3. The molecule has 1 atom stereocenters. The van der Waals surface area contributed by atoms with E-state index in [-0.39, 0.29) is 0 Å². The highest BCUT2D eigenvalue weighted by atomic mass is 15.2. The standard InChI is InChI=1S/C24H29N5/c1-18-8-7-15-29(17-18)23-16-22(19-9-5-4-6-10-19)26-24(27-23)25-20-11-13-21(14-12-20)28(2)3/h4-6,9-14,16,18H,7-8,15,17H2,1-3H3,(H,25,26,27). The van der Waals surface area contributed by atoms with Crippen LogP contribution >= 0.6 is 0 Å². The van der Waals surface area contributed by atoms with Gasteiger partial charge in [0.1, 0.15) is 5.82 Å². The van der Waals surface area contributed by atoms with E-state index in [1.54, 1.807) is 0 Å². The van der Waals surface area contributed by atoms with E-state index < -0.39 is 0 Å². The molecule has 0 bridgehead atoms. The summed E-state index contributed by atoms with van der Waals surface area (Å²) in [5, 5.41) is 3.40. The van der Waals surface area contributed by atoms with Crippen LogP contribution in [0.2, 0.25) is 0 Å². The van der Waals surface area contributed by atoms with Crippen molar-refractivity contribution in [3.8, 4) is 11.3 Å². The largest absolute Gasteiger partial charge is 0.378 e. The molecule has 150 valence electrons. The SMILES string of the molecule is CC1CCCN(c2cc(-c3ccccc3)nc(Nc3ccc(N(C)C)cc3)n2)C1. The highest BCUT2D eigenvalue weighted by Crippen LogP contribution is 2.28. The van der Waals surface area contributed by atoms with Gasteiger partial charge >= 0.3 is 0 Å². The van der Waals surface area contributed by atoms with Crippen LogP contribution in [0, 0.1) is 5.92 Å². The van der Waals surface area contributed by atoms with Crippen LogP contribution < -0.4 is 15.1 Å². The van der Waals surface area contributed by atoms with E-state index in [2.05, 4.69) is 64.5 Å². The van der Waals surface area contributed by atoms with Gasteiger partial charge in [-0.1, -0.05) is 37.3 Å². The number of rotatable bonds is 5. The van der Waals surface area contributed by atoms with Crippen molar-refractivity contribution in [2.24, 2.45) is 5.92 Å². The van der Waals surface area contributed by atoms with Crippen molar-refractivity contribution < 1.29 is 0 Å². The Morgan fingerprint density at radius 3 is 2.45 bits per heavy atom. The van der Waals surface area contributed by atoms with Crippen molar-refractivity contribution >= 4 is 23.1 Å². The van der Waals surface area contributed by atoms with Crippen molar-refractivity contribution in [3.63, 3.8) is 0 Å². The molecule has 5 heteroatoms. The third-order valence-corrected chi connectivity index (χ3v) is 5.40. The summed E-state index contributed by atoms with van der Waals surface area (Å²) in [5.41, 5.74) is 4.20. The summed E-state index contributed by atoms with van der Waals surface area (Å²) in [4.78, 5) is 14.2. The van der Waals surface area contributed by atoms with Crippen LogP contribution in [0.1, 0.15) is 19.8 Å². The maximum absolute atomic E-state index is 4.86. The maximum atomic E-state index is 4.86. The zero-order chi connectivity index (χ0) is 20.2. The van der Waals surface area contributed by atoms with Gasteiger partial charge < -0.3 is 15.1 Å². The van der Waals surface area contributed by atoms with Gasteiger partial charge in [-0.05, 0) is 43.0 Å². The Bertz CT molecular complexity index is 937. The molecule has 1 aliphatic rings. The number of benzene rings is 2. The third kappa shape index (κ3) is 4.67. The summed E-state index contributed by atoms with van der Waals surface area (Å²) in [6, 6.07) is 20.8. The molecule has 5 nitrogen and oxygen atoms in total. The van der Waals surface area contributed by atoms with Crippen LogP contribution in [0.15, 0.2) is 60.7 Å². The molecule has 0 radical (unpaired) electrons. The summed E-state index contributed by atoms with van der Waals surface area (Å²) < 4.78 is 0. The molecule has 0 saturated carbocycles. The van der Waals surface area contributed by atoms with Gasteiger partial charge in [0.05, 0.1) is 5.69 Å². The zero-order valence-electron chi connectivity index (χ0n) is 17.5. The van der Waals surface area contributed by atoms with E-state index in [9.17, 15) is 0 Å². The minimum atomic E-state index is 0.636. The van der Waals surface area contributed by atoms with E-state index in [0.29, 0.717) is 11.9 Å². The lowest BCUT2D eigenvalue weighted by Crippen LogP contribution is -2.35. The summed E-state index contributed by atoms with van der Waals surface area (Å²) >= 11 is 0. The number of nitrogens with one attached hydrogen (secondary N) is 1. The number of nitrogens with zero attached hydrogens (tertiary/aromatic N) is 4. The molecule has 0 amide bonds. The normalized spacial score (nSPS) is 16.5. The Labute approximate surface area is 173 Å². The average Bonchev–Trinajstić information content (AvgIpc) is 2.74. The molecular formula is C24H29N5. The van der Waals surface area contributed by atoms with E-state index >= 15 is 0 Å². The van der Waals surface area contributed by atoms with Crippen molar-refractivity contribution in [2.45, 2.75) is 19.8 Å². The Morgan fingerprint density at radius 2 is 1.76 bits per heavy atom. The van der Waals surface area contributed by atoms with Crippen LogP contribution in [-0.4, -0.2) is 37.2 Å². The molecule has 4 rings (SSSR count). The molecule has 1 unspecified atom stereocenters. The van der Waals surface area contributed by atoms with Gasteiger partial charge in [-0.2, -0.15) is 4.98 Å². The molecule has 0 aliphatic carbocycles. The highest BCUT2D eigenvalue weighted by molar-refractivity contribution is 5.67. The zero-order valence-corrected chi connectivity index (χ0v) is 17.5. The van der Waals surface area contributed by atoms with E-state index in [1.807, 2.05) is 32.3 Å². The first-order chi connectivity index (χ1) is 14.1. The molecule has 2 aromatic carbocycles. The van der Waals surface area contributed by atoms with Crippen LogP contribution in [0.4, 0.5) is 23.1 Å². The fourth-order valence-electron chi connectivity index (χ4n) is 3.78. The lowest BCUT2D eigenvalue weighted by Gasteiger charge is -2.32. The first-order valence-corrected chi connectivity index (χ1v) is 10.3. The second-order valence-corrected chi connectivity index (χ2v) is 8.06. The lowest BCUT2D eigenvalue weighted by molar-refractivity contribution is 0.444. The molecule has 1 N–H and O–H groups in total. The van der Waals surface area contributed by atoms with E-state index in [1.165, 1.54) is 12.8 Å². The molecule has 1 saturated heterocycles. The predicted molar refractivity (Wildman–Crippen MR) is 122 cm³/mol. The molecule has 1 fully saturated rings. The average molecular weight is 388 g/mol. The van der Waals surface area contributed by atoms with Gasteiger partial charge in [-0.25, -0.2) is 4.98 Å². The molecule has 1 aromatic heterocycles. The molecule has 1 aliphatic heterocycles. The van der Waals surface area contributed by atoms with Gasteiger partial charge in [-0.15, -0.1) is 0 Å². The van der Waals surface area contributed by atoms with Gasteiger partial charge in [0.25, 0.3) is 0 Å². The molecule has 3 aromatic rings. The summed E-state index contributed by atoms with van der Waals surface area (Å²) in [6.07, 6.45) is 2.50. The number of piperidine rings is 1. The summed E-state index contributed by atoms with van der Waals surface area (Å²) in [5.74, 6) is 2.32. The number of hydrogen-bond donors (Lipinski definition) is 1. The Hall–Kier alpha value is -3.08. The molecule has 29 heavy (non-hydrogen) atoms. The second-order valence-electron chi connectivity index (χ2n) is 8.06. The van der Waals surface area contributed by atoms with Crippen molar-refractivity contribution in [3.05, 3.63) is 60.7 Å². The Balaban J connectivity index is 1.67.